The maximum atomic E-state index is 2.27. The van der Waals surface area contributed by atoms with Crippen molar-refractivity contribution in [1.29, 1.82) is 0 Å². The van der Waals surface area contributed by atoms with Gasteiger partial charge in [-0.3, -0.25) is 4.70 Å². The molecule has 0 aliphatic rings. The van der Waals surface area contributed by atoms with Gasteiger partial charge in [-0.15, -0.1) is 0 Å². The number of halogens is 2. The van der Waals surface area contributed by atoms with Crippen LogP contribution < -0.4 is 4.70 Å². The first-order valence-electron chi connectivity index (χ1n) is 4.09. The van der Waals surface area contributed by atoms with Crippen molar-refractivity contribution in [3.8, 4) is 0 Å². The van der Waals surface area contributed by atoms with E-state index in [1.165, 1.54) is 30.7 Å². The zero-order valence-corrected chi connectivity index (χ0v) is 8.06. The molecular formula is C8H21F2N. The maximum Gasteiger partial charge on any atom is 0.0757 e. The van der Waals surface area contributed by atoms with Crippen LogP contribution in [0.3, 0.4) is 0 Å². The van der Waals surface area contributed by atoms with Gasteiger partial charge in [0.15, 0.2) is 0 Å². The Morgan fingerprint density at radius 1 is 0.727 bits per heavy atom. The van der Waals surface area contributed by atoms with E-state index >= 15 is 0 Å². The van der Waals surface area contributed by atoms with Gasteiger partial charge in [-0.2, -0.15) is 0 Å². The second kappa shape index (κ2) is 7.92. The summed E-state index contributed by atoms with van der Waals surface area (Å²) in [6.07, 6.45) is 0. The highest BCUT2D eigenvalue weighted by atomic mass is 19.0. The van der Waals surface area contributed by atoms with Crippen molar-refractivity contribution in [2.75, 3.05) is 26.2 Å². The van der Waals surface area contributed by atoms with Crippen LogP contribution >= 0.6 is 0 Å². The van der Waals surface area contributed by atoms with E-state index in [9.17, 15) is 0 Å². The van der Waals surface area contributed by atoms with Crippen LogP contribution in [0, 0.1) is 0 Å². The molecule has 0 aromatic rings. The van der Waals surface area contributed by atoms with Gasteiger partial charge in [-0.1, -0.05) is 0 Å². The molecule has 0 aromatic carbocycles. The molecule has 0 fully saturated rings. The molecule has 0 unspecified atom stereocenters. The van der Waals surface area contributed by atoms with Crippen molar-refractivity contribution in [1.82, 2.24) is 0 Å². The molecule has 0 bridgehead atoms. The van der Waals surface area contributed by atoms with Crippen molar-refractivity contribution in [3.05, 3.63) is 0 Å². The van der Waals surface area contributed by atoms with E-state index in [1.807, 2.05) is 0 Å². The zero-order valence-electron chi connectivity index (χ0n) is 8.06. The first-order valence-corrected chi connectivity index (χ1v) is 4.09. The molecule has 72 valence electrons. The average molecular weight is 169 g/mol. The van der Waals surface area contributed by atoms with E-state index in [0.29, 0.717) is 0 Å². The Morgan fingerprint density at radius 3 is 0.909 bits per heavy atom. The zero-order chi connectivity index (χ0) is 7.33. The normalized spacial score (nSPS) is 9.82. The second-order valence-corrected chi connectivity index (χ2v) is 2.61. The molecule has 0 aromatic heterocycles. The molecule has 3 heteroatoms. The largest absolute Gasteiger partial charge is 1.00 e. The molecule has 0 amide bonds. The van der Waals surface area contributed by atoms with E-state index in [-0.39, 0.29) is 9.41 Å². The fourth-order valence-corrected chi connectivity index (χ4v) is 1.34. The number of rotatable bonds is 4. The monoisotopic (exact) mass is 169 g/mol. The quantitative estimate of drug-likeness (QED) is 0.476. The van der Waals surface area contributed by atoms with Gasteiger partial charge in [0.1, 0.15) is 0 Å². The summed E-state index contributed by atoms with van der Waals surface area (Å²) in [6.45, 7) is 14.2. The van der Waals surface area contributed by atoms with Crippen molar-refractivity contribution in [3.63, 3.8) is 0 Å². The van der Waals surface area contributed by atoms with Crippen LogP contribution in [0.25, 0.3) is 0 Å². The Bertz CT molecular complexity index is 55.0. The van der Waals surface area contributed by atoms with Crippen LogP contribution in [0.2, 0.25) is 0 Å². The third-order valence-electron chi connectivity index (χ3n) is 2.68. The van der Waals surface area contributed by atoms with Crippen LogP contribution in [0.5, 0.6) is 0 Å². The van der Waals surface area contributed by atoms with Gasteiger partial charge in [-0.25, -0.2) is 0 Å². The molecule has 0 spiro atoms. The van der Waals surface area contributed by atoms with Crippen LogP contribution in [-0.4, -0.2) is 30.7 Å². The molecule has 1 nitrogen and oxygen atoms in total. The van der Waals surface area contributed by atoms with Crippen LogP contribution in [-0.2, 0) is 0 Å². The second-order valence-electron chi connectivity index (χ2n) is 2.61. The molecule has 11 heavy (non-hydrogen) atoms. The first kappa shape index (κ1) is 17.1. The van der Waals surface area contributed by atoms with Crippen molar-refractivity contribution < 1.29 is 13.9 Å². The van der Waals surface area contributed by atoms with Gasteiger partial charge in [0, 0.05) is 0 Å². The van der Waals surface area contributed by atoms with Crippen molar-refractivity contribution >= 4 is 0 Å². The summed E-state index contributed by atoms with van der Waals surface area (Å²) in [7, 11) is 0. The molecule has 0 N–H and O–H groups in total. The van der Waals surface area contributed by atoms with Gasteiger partial charge in [-0.05, 0) is 27.7 Å². The third-order valence-corrected chi connectivity index (χ3v) is 2.68. The van der Waals surface area contributed by atoms with E-state index in [0.717, 1.165) is 0 Å². The SMILES string of the molecule is CC[N+](CC)(CC)CC.F.[F-]. The Labute approximate surface area is 68.7 Å². The lowest BCUT2D eigenvalue weighted by atomic mass is 10.3. The van der Waals surface area contributed by atoms with Crippen LogP contribution in [0.1, 0.15) is 27.7 Å². The number of hydrogen-bond donors (Lipinski definition) is 0. The van der Waals surface area contributed by atoms with E-state index in [4.69, 9.17) is 0 Å². The predicted molar refractivity (Wildman–Crippen MR) is 44.9 cm³/mol. The summed E-state index contributed by atoms with van der Waals surface area (Å²) < 4.78 is 1.28. The molecule has 0 saturated carbocycles. The van der Waals surface area contributed by atoms with E-state index < -0.39 is 0 Å². The minimum atomic E-state index is 0. The Hall–Kier alpha value is -0.180. The Kier molecular flexibility index (Phi) is 12.3. The summed E-state index contributed by atoms with van der Waals surface area (Å²) in [4.78, 5) is 0. The maximum absolute atomic E-state index is 2.27. The minimum Gasteiger partial charge on any atom is -1.00 e. The van der Waals surface area contributed by atoms with Crippen molar-refractivity contribution in [2.45, 2.75) is 27.7 Å². The lowest BCUT2D eigenvalue weighted by Gasteiger charge is -2.34. The van der Waals surface area contributed by atoms with E-state index in [1.54, 1.807) is 0 Å². The van der Waals surface area contributed by atoms with Crippen LogP contribution in [0.15, 0.2) is 0 Å². The standard InChI is InChI=1S/C8H20N.2FH/c1-5-9(6-2,7-3)8-4;;/h5-8H2,1-4H3;2*1H/q+1;;/p-1. The first-order chi connectivity index (χ1) is 4.24. The van der Waals surface area contributed by atoms with Gasteiger partial charge >= 0.3 is 0 Å². The minimum absolute atomic E-state index is 0. The van der Waals surface area contributed by atoms with Gasteiger partial charge < -0.3 is 9.19 Å². The molecule has 0 rings (SSSR count). The molecule has 0 heterocycles. The number of quaternary nitrogens is 1. The highest BCUT2D eigenvalue weighted by Crippen LogP contribution is 2.03. The van der Waals surface area contributed by atoms with E-state index in [2.05, 4.69) is 27.7 Å². The Balaban J connectivity index is -0.000000320. The fourth-order valence-electron chi connectivity index (χ4n) is 1.34. The smallest absolute Gasteiger partial charge is 0.0757 e. The Morgan fingerprint density at radius 2 is 0.909 bits per heavy atom. The molecule has 0 atom stereocenters. The lowest BCUT2D eigenvalue weighted by molar-refractivity contribution is -0.921. The summed E-state index contributed by atoms with van der Waals surface area (Å²) in [5, 5.41) is 0. The average Bonchev–Trinajstić information content (AvgIpc) is 1.95. The van der Waals surface area contributed by atoms with Gasteiger partial charge in [0.2, 0.25) is 0 Å². The molecule has 0 radical (unpaired) electrons. The highest BCUT2D eigenvalue weighted by molar-refractivity contribution is 4.31. The number of nitrogens with zero attached hydrogens (tertiary/aromatic N) is 1. The number of hydrogen-bond acceptors (Lipinski definition) is 0. The van der Waals surface area contributed by atoms with Gasteiger partial charge in [0.25, 0.3) is 0 Å². The lowest BCUT2D eigenvalue weighted by Crippen LogP contribution is -3.00. The third kappa shape index (κ3) is 4.30. The molecule has 0 aliphatic heterocycles. The topological polar surface area (TPSA) is 0 Å². The van der Waals surface area contributed by atoms with Crippen molar-refractivity contribution in [2.24, 2.45) is 0 Å². The predicted octanol–water partition coefficient (Wildman–Crippen LogP) is -0.961. The summed E-state index contributed by atoms with van der Waals surface area (Å²) in [6, 6.07) is 0. The summed E-state index contributed by atoms with van der Waals surface area (Å²) in [5.74, 6) is 0. The highest BCUT2D eigenvalue weighted by Gasteiger charge is 2.16. The summed E-state index contributed by atoms with van der Waals surface area (Å²) in [5.41, 5.74) is 0. The molecule has 0 saturated heterocycles. The summed E-state index contributed by atoms with van der Waals surface area (Å²) >= 11 is 0. The molecule has 0 aliphatic carbocycles. The van der Waals surface area contributed by atoms with Gasteiger partial charge in [0.05, 0.1) is 26.2 Å². The van der Waals surface area contributed by atoms with Crippen LogP contribution in [0.4, 0.5) is 4.70 Å². The fraction of sp³-hybridized carbons (Fsp3) is 1.00. The molecular weight excluding hydrogens is 148 g/mol.